The van der Waals surface area contributed by atoms with Crippen LogP contribution in [0.25, 0.3) is 10.9 Å². The van der Waals surface area contributed by atoms with Crippen LogP contribution in [0.1, 0.15) is 18.5 Å². The maximum atomic E-state index is 11.1. The summed E-state index contributed by atoms with van der Waals surface area (Å²) in [5, 5.41) is 19.4. The van der Waals surface area contributed by atoms with Crippen LogP contribution in [-0.4, -0.2) is 9.91 Å². The Labute approximate surface area is 125 Å². The van der Waals surface area contributed by atoms with E-state index in [1.165, 1.54) is 11.6 Å². The second-order valence-electron chi connectivity index (χ2n) is 4.71. The van der Waals surface area contributed by atoms with E-state index in [9.17, 15) is 10.1 Å². The standard InChI is InChI=1S/C15H13N3O2S/c1-10(11-6-8-21-9-11)17-13-4-5-14(18(19)20)15-12(13)3-2-7-16-15/h2-10,17H,1H3. The maximum absolute atomic E-state index is 11.1. The number of hydrogen-bond acceptors (Lipinski definition) is 5. The zero-order valence-electron chi connectivity index (χ0n) is 11.3. The van der Waals surface area contributed by atoms with Gasteiger partial charge in [0.25, 0.3) is 5.69 Å². The van der Waals surface area contributed by atoms with Crippen LogP contribution >= 0.6 is 11.3 Å². The van der Waals surface area contributed by atoms with Gasteiger partial charge in [-0.1, -0.05) is 0 Å². The molecular formula is C15H13N3O2S. The topological polar surface area (TPSA) is 68.1 Å². The second-order valence-corrected chi connectivity index (χ2v) is 5.49. The van der Waals surface area contributed by atoms with Crippen molar-refractivity contribution in [2.24, 2.45) is 0 Å². The molecule has 3 rings (SSSR count). The number of thiophene rings is 1. The summed E-state index contributed by atoms with van der Waals surface area (Å²) in [6.07, 6.45) is 1.57. The Morgan fingerprint density at radius 3 is 2.90 bits per heavy atom. The van der Waals surface area contributed by atoms with Crippen LogP contribution in [0, 0.1) is 10.1 Å². The average Bonchev–Trinajstić information content (AvgIpc) is 3.01. The molecule has 0 radical (unpaired) electrons. The van der Waals surface area contributed by atoms with E-state index >= 15 is 0 Å². The molecule has 0 aliphatic carbocycles. The van der Waals surface area contributed by atoms with Crippen molar-refractivity contribution in [2.75, 3.05) is 5.32 Å². The summed E-state index contributed by atoms with van der Waals surface area (Å²) in [4.78, 5) is 14.8. The Hall–Kier alpha value is -2.47. The Morgan fingerprint density at radius 2 is 2.19 bits per heavy atom. The fourth-order valence-electron chi connectivity index (χ4n) is 2.27. The fraction of sp³-hybridized carbons (Fsp3) is 0.133. The lowest BCUT2D eigenvalue weighted by molar-refractivity contribution is -0.383. The van der Waals surface area contributed by atoms with Crippen molar-refractivity contribution in [1.29, 1.82) is 0 Å². The zero-order chi connectivity index (χ0) is 14.8. The molecule has 6 heteroatoms. The number of nitro benzene ring substituents is 1. The van der Waals surface area contributed by atoms with Crippen LogP contribution < -0.4 is 5.32 Å². The van der Waals surface area contributed by atoms with Gasteiger partial charge in [-0.2, -0.15) is 11.3 Å². The molecule has 2 heterocycles. The molecule has 1 unspecified atom stereocenters. The largest absolute Gasteiger partial charge is 0.378 e. The van der Waals surface area contributed by atoms with Gasteiger partial charge in [-0.3, -0.25) is 10.1 Å². The highest BCUT2D eigenvalue weighted by Crippen LogP contribution is 2.32. The molecule has 0 spiro atoms. The highest BCUT2D eigenvalue weighted by Gasteiger charge is 2.16. The molecule has 3 aromatic rings. The molecule has 106 valence electrons. The first-order chi connectivity index (χ1) is 10.2. The van der Waals surface area contributed by atoms with Crippen molar-refractivity contribution in [3.8, 4) is 0 Å². The van der Waals surface area contributed by atoms with Crippen LogP contribution in [0.5, 0.6) is 0 Å². The van der Waals surface area contributed by atoms with Gasteiger partial charge in [0, 0.05) is 29.4 Å². The highest BCUT2D eigenvalue weighted by molar-refractivity contribution is 7.08. The van der Waals surface area contributed by atoms with E-state index < -0.39 is 4.92 Å². The Balaban J connectivity index is 2.04. The fourth-order valence-corrected chi connectivity index (χ4v) is 3.02. The second kappa shape index (κ2) is 5.49. The summed E-state index contributed by atoms with van der Waals surface area (Å²) in [6.45, 7) is 2.06. The van der Waals surface area contributed by atoms with E-state index in [-0.39, 0.29) is 11.7 Å². The molecule has 0 fully saturated rings. The highest BCUT2D eigenvalue weighted by atomic mass is 32.1. The third-order valence-corrected chi connectivity index (χ3v) is 4.06. The van der Waals surface area contributed by atoms with E-state index in [2.05, 4.69) is 28.7 Å². The van der Waals surface area contributed by atoms with E-state index in [0.29, 0.717) is 5.52 Å². The van der Waals surface area contributed by atoms with Crippen molar-refractivity contribution < 1.29 is 4.92 Å². The van der Waals surface area contributed by atoms with Crippen LogP contribution in [-0.2, 0) is 0 Å². The van der Waals surface area contributed by atoms with Gasteiger partial charge in [0.1, 0.15) is 5.52 Å². The van der Waals surface area contributed by atoms with Gasteiger partial charge < -0.3 is 5.32 Å². The van der Waals surface area contributed by atoms with Gasteiger partial charge in [0.2, 0.25) is 0 Å². The summed E-state index contributed by atoms with van der Waals surface area (Å²) in [7, 11) is 0. The summed E-state index contributed by atoms with van der Waals surface area (Å²) in [5.74, 6) is 0. The zero-order valence-corrected chi connectivity index (χ0v) is 12.1. The summed E-state index contributed by atoms with van der Waals surface area (Å²) < 4.78 is 0. The number of non-ortho nitro benzene ring substituents is 1. The number of aromatic nitrogens is 1. The third kappa shape index (κ3) is 2.57. The van der Waals surface area contributed by atoms with Gasteiger partial charge in [0.15, 0.2) is 0 Å². The summed E-state index contributed by atoms with van der Waals surface area (Å²) in [5.41, 5.74) is 2.47. The lowest BCUT2D eigenvalue weighted by Crippen LogP contribution is -2.06. The number of nitrogens with zero attached hydrogens (tertiary/aromatic N) is 2. The Morgan fingerprint density at radius 1 is 1.33 bits per heavy atom. The summed E-state index contributed by atoms with van der Waals surface area (Å²) in [6, 6.07) is 9.06. The Bertz CT molecular complexity index is 787. The Kier molecular flexibility index (Phi) is 3.53. The molecule has 1 N–H and O–H groups in total. The maximum Gasteiger partial charge on any atom is 0.295 e. The average molecular weight is 299 g/mol. The van der Waals surface area contributed by atoms with Crippen molar-refractivity contribution in [1.82, 2.24) is 4.98 Å². The first-order valence-corrected chi connectivity index (χ1v) is 7.42. The quantitative estimate of drug-likeness (QED) is 0.573. The number of pyridine rings is 1. The first-order valence-electron chi connectivity index (χ1n) is 6.47. The van der Waals surface area contributed by atoms with Crippen LogP contribution in [0.3, 0.4) is 0 Å². The van der Waals surface area contributed by atoms with Crippen LogP contribution in [0.2, 0.25) is 0 Å². The van der Waals surface area contributed by atoms with Crippen LogP contribution in [0.15, 0.2) is 47.3 Å². The minimum Gasteiger partial charge on any atom is -0.378 e. The van der Waals surface area contributed by atoms with Crippen molar-refractivity contribution in [2.45, 2.75) is 13.0 Å². The van der Waals surface area contributed by atoms with Gasteiger partial charge in [-0.25, -0.2) is 4.98 Å². The molecule has 2 aromatic heterocycles. The number of anilines is 1. The predicted molar refractivity (Wildman–Crippen MR) is 84.8 cm³/mol. The van der Waals surface area contributed by atoms with Crippen molar-refractivity contribution in [3.63, 3.8) is 0 Å². The van der Waals surface area contributed by atoms with Gasteiger partial charge in [0.05, 0.1) is 4.92 Å². The summed E-state index contributed by atoms with van der Waals surface area (Å²) >= 11 is 1.65. The lowest BCUT2D eigenvalue weighted by Gasteiger charge is -2.15. The van der Waals surface area contributed by atoms with E-state index in [1.54, 1.807) is 29.7 Å². The SMILES string of the molecule is CC(Nc1ccc([N+](=O)[O-])c2ncccc12)c1ccsc1. The van der Waals surface area contributed by atoms with Crippen LogP contribution in [0.4, 0.5) is 11.4 Å². The molecule has 1 atom stereocenters. The molecule has 0 amide bonds. The third-order valence-electron chi connectivity index (χ3n) is 3.36. The molecule has 5 nitrogen and oxygen atoms in total. The predicted octanol–water partition coefficient (Wildman–Crippen LogP) is 4.38. The molecule has 0 bridgehead atoms. The number of nitrogens with one attached hydrogen (secondary N) is 1. The number of nitro groups is 1. The van der Waals surface area contributed by atoms with Gasteiger partial charge >= 0.3 is 0 Å². The van der Waals surface area contributed by atoms with Gasteiger partial charge in [-0.05, 0) is 47.5 Å². The molecular weight excluding hydrogens is 286 g/mol. The van der Waals surface area contributed by atoms with Gasteiger partial charge in [-0.15, -0.1) is 0 Å². The normalized spacial score (nSPS) is 12.2. The van der Waals surface area contributed by atoms with E-state index in [4.69, 9.17) is 0 Å². The van der Waals surface area contributed by atoms with Crippen molar-refractivity contribution in [3.05, 3.63) is 63.0 Å². The molecule has 0 aliphatic heterocycles. The molecule has 0 saturated carbocycles. The smallest absolute Gasteiger partial charge is 0.295 e. The minimum atomic E-state index is -0.401. The van der Waals surface area contributed by atoms with E-state index in [0.717, 1.165) is 11.1 Å². The molecule has 0 saturated heterocycles. The molecule has 1 aromatic carbocycles. The number of hydrogen-bond donors (Lipinski definition) is 1. The number of fused-ring (bicyclic) bond motifs is 1. The number of rotatable bonds is 4. The monoisotopic (exact) mass is 299 g/mol. The van der Waals surface area contributed by atoms with Crippen molar-refractivity contribution >= 4 is 33.6 Å². The first kappa shape index (κ1) is 13.5. The molecule has 21 heavy (non-hydrogen) atoms. The minimum absolute atomic E-state index is 0.0272. The molecule has 0 aliphatic rings. The number of benzene rings is 1. The van der Waals surface area contributed by atoms with E-state index in [1.807, 2.05) is 11.4 Å². The lowest BCUT2D eigenvalue weighted by atomic mass is 10.1.